The summed E-state index contributed by atoms with van der Waals surface area (Å²) in [5, 5.41) is 12.8. The van der Waals surface area contributed by atoms with Crippen LogP contribution in [0.25, 0.3) is 0 Å². The first-order chi connectivity index (χ1) is 14.9. The maximum Gasteiger partial charge on any atom is 0.331 e. The molecule has 0 spiro atoms. The molecule has 0 aromatic heterocycles. The van der Waals surface area contributed by atoms with Crippen molar-refractivity contribution in [2.75, 3.05) is 20.8 Å². The Morgan fingerprint density at radius 2 is 1.78 bits per heavy atom. The Bertz CT molecular complexity index is 804. The number of hydrogen-bond acceptors (Lipinski definition) is 8. The van der Waals surface area contributed by atoms with Crippen molar-refractivity contribution in [2.45, 2.75) is 64.7 Å². The quantitative estimate of drug-likeness (QED) is 0.359. The van der Waals surface area contributed by atoms with Gasteiger partial charge in [0.1, 0.15) is 11.8 Å². The average Bonchev–Trinajstić information content (AvgIpc) is 2.73. The molecule has 9 nitrogen and oxygen atoms in total. The van der Waals surface area contributed by atoms with E-state index in [2.05, 4.69) is 10.1 Å². The molecule has 1 aromatic carbocycles. The summed E-state index contributed by atoms with van der Waals surface area (Å²) in [5.74, 6) is -1.44. The molecule has 1 unspecified atom stereocenters. The zero-order chi connectivity index (χ0) is 24.5. The van der Waals surface area contributed by atoms with Gasteiger partial charge in [-0.15, -0.1) is 0 Å². The molecule has 1 radical (unpaired) electrons. The van der Waals surface area contributed by atoms with E-state index >= 15 is 0 Å². The van der Waals surface area contributed by atoms with E-state index in [1.165, 1.54) is 21.7 Å². The van der Waals surface area contributed by atoms with E-state index in [9.17, 15) is 19.5 Å². The van der Waals surface area contributed by atoms with Gasteiger partial charge in [-0.1, -0.05) is 6.07 Å². The molecule has 1 aromatic rings. The number of hydrogen-bond donors (Lipinski definition) is 2. The third kappa shape index (κ3) is 7.83. The minimum atomic E-state index is -1.08. The summed E-state index contributed by atoms with van der Waals surface area (Å²) in [7, 11) is 3.92. The van der Waals surface area contributed by atoms with E-state index in [-0.39, 0.29) is 18.4 Å². The van der Waals surface area contributed by atoms with E-state index in [1.807, 2.05) is 0 Å². The zero-order valence-electron chi connectivity index (χ0n) is 19.8. The zero-order valence-corrected chi connectivity index (χ0v) is 19.8. The van der Waals surface area contributed by atoms with Crippen molar-refractivity contribution in [2.24, 2.45) is 0 Å². The van der Waals surface area contributed by atoms with Gasteiger partial charge in [0.2, 0.25) is 0 Å². The number of rotatable bonds is 12. The normalized spacial score (nSPS) is 12.5. The van der Waals surface area contributed by atoms with Gasteiger partial charge in [0.25, 0.3) is 5.91 Å². The van der Waals surface area contributed by atoms with Crippen molar-refractivity contribution in [3.63, 3.8) is 0 Å². The first-order valence-electron chi connectivity index (χ1n) is 10.3. The monoisotopic (exact) mass is 450 g/mol. The highest BCUT2D eigenvalue weighted by molar-refractivity contribution is 6.47. The summed E-state index contributed by atoms with van der Waals surface area (Å²) < 4.78 is 20.7. The van der Waals surface area contributed by atoms with Gasteiger partial charge < -0.3 is 29.3 Å². The van der Waals surface area contributed by atoms with Crippen LogP contribution in [0.15, 0.2) is 18.2 Å². The lowest BCUT2D eigenvalue weighted by Crippen LogP contribution is -2.49. The molecule has 1 atom stereocenters. The van der Waals surface area contributed by atoms with Crippen molar-refractivity contribution in [1.29, 1.82) is 0 Å². The van der Waals surface area contributed by atoms with Gasteiger partial charge in [-0.3, -0.25) is 9.59 Å². The van der Waals surface area contributed by atoms with E-state index in [0.717, 1.165) is 0 Å². The number of ether oxygens (including phenoxy) is 3. The minimum Gasteiger partial charge on any atom is -0.493 e. The van der Waals surface area contributed by atoms with E-state index in [4.69, 9.17) is 14.1 Å². The Hall–Kier alpha value is -2.59. The van der Waals surface area contributed by atoms with E-state index in [1.54, 1.807) is 52.8 Å². The summed E-state index contributed by atoms with van der Waals surface area (Å²) in [6, 6.07) is 3.80. The van der Waals surface area contributed by atoms with Crippen molar-refractivity contribution in [3.8, 4) is 5.75 Å². The van der Waals surface area contributed by atoms with E-state index in [0.29, 0.717) is 17.8 Å². The number of benzene rings is 1. The first kappa shape index (κ1) is 27.4. The maximum atomic E-state index is 12.9. The molecule has 32 heavy (non-hydrogen) atoms. The smallest absolute Gasteiger partial charge is 0.331 e. The number of aliphatic hydroxyl groups is 1. The van der Waals surface area contributed by atoms with Crippen LogP contribution in [-0.4, -0.2) is 68.5 Å². The van der Waals surface area contributed by atoms with Gasteiger partial charge in [-0.25, -0.2) is 4.79 Å². The Morgan fingerprint density at radius 1 is 1.12 bits per heavy atom. The third-order valence-corrected chi connectivity index (χ3v) is 5.17. The molecule has 2 N–H and O–H groups in total. The molecule has 0 fully saturated rings. The SMILES string of the molecule is CCOc1cc([B]OC(C)(C)C(C)(C)O)ccc1C(=O)NC(CCC(=O)OC)C(=O)OC. The first-order valence-corrected chi connectivity index (χ1v) is 10.3. The standard InChI is InChI=1S/C22H33BNO8/c1-8-31-17-13-14(23-32-22(4,5)21(2,3)28)9-10-15(17)19(26)24-16(20(27)30-7)11-12-18(25)29-6/h9-10,13,16,28H,8,11-12H2,1-7H3,(H,24,26). The minimum absolute atomic E-state index is 0.0286. The summed E-state index contributed by atoms with van der Waals surface area (Å²) in [4.78, 5) is 36.3. The van der Waals surface area contributed by atoms with E-state index < -0.39 is 35.1 Å². The molecule has 177 valence electrons. The molecule has 1 rings (SSSR count). The molecule has 0 bridgehead atoms. The third-order valence-electron chi connectivity index (χ3n) is 5.17. The Labute approximate surface area is 190 Å². The summed E-state index contributed by atoms with van der Waals surface area (Å²) in [5.41, 5.74) is -1.11. The predicted octanol–water partition coefficient (Wildman–Crippen LogP) is 1.12. The highest BCUT2D eigenvalue weighted by atomic mass is 16.5. The number of nitrogens with one attached hydrogen (secondary N) is 1. The highest BCUT2D eigenvalue weighted by Gasteiger charge is 2.35. The Kier molecular flexibility index (Phi) is 10.2. The lowest BCUT2D eigenvalue weighted by molar-refractivity contribution is -0.144. The summed E-state index contributed by atoms with van der Waals surface area (Å²) >= 11 is 0. The van der Waals surface area contributed by atoms with Gasteiger partial charge in [-0.2, -0.15) is 0 Å². The molecule has 0 aliphatic heterocycles. The van der Waals surface area contributed by atoms with Crippen LogP contribution in [0, 0.1) is 0 Å². The van der Waals surface area contributed by atoms with Crippen molar-refractivity contribution in [1.82, 2.24) is 5.32 Å². The van der Waals surface area contributed by atoms with Crippen LogP contribution >= 0.6 is 0 Å². The molecule has 0 aliphatic carbocycles. The number of carbonyl (C=O) groups excluding carboxylic acids is 3. The van der Waals surface area contributed by atoms with Crippen molar-refractivity contribution >= 4 is 30.8 Å². The number of amides is 1. The van der Waals surface area contributed by atoms with Crippen LogP contribution < -0.4 is 15.5 Å². The predicted molar refractivity (Wildman–Crippen MR) is 119 cm³/mol. The van der Waals surface area contributed by atoms with Gasteiger partial charge in [0.05, 0.1) is 37.6 Å². The molecule has 0 aliphatic rings. The fourth-order valence-electron chi connectivity index (χ4n) is 2.43. The van der Waals surface area contributed by atoms with Gasteiger partial charge in [0, 0.05) is 6.42 Å². The highest BCUT2D eigenvalue weighted by Crippen LogP contribution is 2.24. The largest absolute Gasteiger partial charge is 0.493 e. The lowest BCUT2D eigenvalue weighted by Gasteiger charge is -2.37. The van der Waals surface area contributed by atoms with Crippen LogP contribution in [0.5, 0.6) is 5.75 Å². The second-order valence-electron chi connectivity index (χ2n) is 8.16. The second-order valence-corrected chi connectivity index (χ2v) is 8.16. The van der Waals surface area contributed by atoms with Crippen LogP contribution in [0.1, 0.15) is 57.8 Å². The van der Waals surface area contributed by atoms with Gasteiger partial charge in [0.15, 0.2) is 0 Å². The van der Waals surface area contributed by atoms with Crippen LogP contribution in [-0.2, 0) is 23.7 Å². The molecule has 10 heteroatoms. The summed E-state index contributed by atoms with van der Waals surface area (Å²) in [6.07, 6.45) is -0.0299. The van der Waals surface area contributed by atoms with Gasteiger partial charge in [-0.05, 0) is 58.6 Å². The second kappa shape index (κ2) is 11.9. The molecular weight excluding hydrogens is 417 g/mol. The lowest BCUT2D eigenvalue weighted by atomic mass is 9.82. The number of esters is 2. The Morgan fingerprint density at radius 3 is 2.31 bits per heavy atom. The number of carbonyl (C=O) groups is 3. The van der Waals surface area contributed by atoms with Crippen LogP contribution in [0.3, 0.4) is 0 Å². The topological polar surface area (TPSA) is 120 Å². The van der Waals surface area contributed by atoms with Gasteiger partial charge >= 0.3 is 19.4 Å². The fourth-order valence-corrected chi connectivity index (χ4v) is 2.43. The molecule has 0 saturated heterocycles. The fraction of sp³-hybridized carbons (Fsp3) is 0.591. The van der Waals surface area contributed by atoms with Crippen LogP contribution in [0.2, 0.25) is 0 Å². The molecule has 0 saturated carbocycles. The number of methoxy groups -OCH3 is 2. The van der Waals surface area contributed by atoms with Crippen molar-refractivity contribution < 1.29 is 38.4 Å². The van der Waals surface area contributed by atoms with Crippen molar-refractivity contribution in [3.05, 3.63) is 23.8 Å². The molecule has 1 amide bonds. The maximum absolute atomic E-state index is 12.9. The molecular formula is C22H33BNO8. The van der Waals surface area contributed by atoms with Crippen LogP contribution in [0.4, 0.5) is 0 Å². The Balaban J connectivity index is 3.03. The summed E-state index contributed by atoms with van der Waals surface area (Å²) in [6.45, 7) is 8.91. The average molecular weight is 450 g/mol. The molecule has 0 heterocycles.